The predicted molar refractivity (Wildman–Crippen MR) is 108 cm³/mol. The molecule has 0 saturated heterocycles. The number of aromatic amines is 1. The minimum absolute atomic E-state index is 0.157. The van der Waals surface area contributed by atoms with Crippen LogP contribution in [0.15, 0.2) is 77.7 Å². The first kappa shape index (κ1) is 16.3. The van der Waals surface area contributed by atoms with E-state index < -0.39 is 0 Å². The summed E-state index contributed by atoms with van der Waals surface area (Å²) < 4.78 is 1.63. The van der Waals surface area contributed by atoms with Gasteiger partial charge in [-0.15, -0.1) is 0 Å². The smallest absolute Gasteiger partial charge is 0.268 e. The van der Waals surface area contributed by atoms with Gasteiger partial charge in [-0.2, -0.15) is 5.10 Å². The van der Waals surface area contributed by atoms with Crippen LogP contribution in [0.3, 0.4) is 0 Å². The molecule has 0 bridgehead atoms. The van der Waals surface area contributed by atoms with Gasteiger partial charge in [0.2, 0.25) is 0 Å². The van der Waals surface area contributed by atoms with E-state index in [0.29, 0.717) is 28.7 Å². The number of fused-ring (bicyclic) bond motifs is 3. The minimum Gasteiger partial charge on any atom is -0.508 e. The lowest BCUT2D eigenvalue weighted by Crippen LogP contribution is -2.20. The number of para-hydroxylation sites is 1. The van der Waals surface area contributed by atoms with E-state index >= 15 is 0 Å². The highest BCUT2D eigenvalue weighted by Crippen LogP contribution is 2.25. The quantitative estimate of drug-likeness (QED) is 0.510. The Bertz CT molecular complexity index is 1350. The van der Waals surface area contributed by atoms with Gasteiger partial charge in [-0.05, 0) is 42.0 Å². The Labute approximate surface area is 159 Å². The molecule has 6 heteroatoms. The highest BCUT2D eigenvalue weighted by atomic mass is 16.3. The van der Waals surface area contributed by atoms with Crippen molar-refractivity contribution in [3.05, 3.63) is 94.5 Å². The fraction of sp³-hybridized carbons (Fsp3) is 0.0455. The average molecular weight is 368 g/mol. The van der Waals surface area contributed by atoms with Crippen molar-refractivity contribution in [2.75, 3.05) is 0 Å². The number of phenolic OH excluding ortho intramolecular Hbond substituents is 1. The largest absolute Gasteiger partial charge is 0.508 e. The maximum atomic E-state index is 13.5. The van der Waals surface area contributed by atoms with E-state index in [1.54, 1.807) is 22.9 Å². The number of nitrogens with zero attached hydrogens (tertiary/aromatic N) is 3. The monoisotopic (exact) mass is 368 g/mol. The number of benzene rings is 2. The first-order valence-electron chi connectivity index (χ1n) is 8.92. The number of aromatic hydroxyl groups is 1. The number of hydrogen-bond acceptors (Lipinski definition) is 4. The molecule has 5 aromatic rings. The van der Waals surface area contributed by atoms with Gasteiger partial charge in [-0.25, -0.2) is 4.98 Å². The zero-order valence-electron chi connectivity index (χ0n) is 14.8. The van der Waals surface area contributed by atoms with Crippen LogP contribution < -0.4 is 5.56 Å². The van der Waals surface area contributed by atoms with Crippen molar-refractivity contribution >= 4 is 21.9 Å². The van der Waals surface area contributed by atoms with Crippen molar-refractivity contribution in [1.82, 2.24) is 19.7 Å². The second kappa shape index (κ2) is 6.35. The molecule has 0 aliphatic heterocycles. The van der Waals surface area contributed by atoms with Crippen molar-refractivity contribution < 1.29 is 5.11 Å². The highest BCUT2D eigenvalue weighted by molar-refractivity contribution is 6.03. The zero-order chi connectivity index (χ0) is 19.1. The van der Waals surface area contributed by atoms with Crippen molar-refractivity contribution in [1.29, 1.82) is 0 Å². The third kappa shape index (κ3) is 2.54. The molecule has 0 saturated carbocycles. The van der Waals surface area contributed by atoms with E-state index in [1.807, 2.05) is 54.6 Å². The Hall–Kier alpha value is -3.93. The van der Waals surface area contributed by atoms with Crippen molar-refractivity contribution in [3.63, 3.8) is 0 Å². The van der Waals surface area contributed by atoms with E-state index in [4.69, 9.17) is 0 Å². The SMILES string of the molecule is O=c1c2c(Cc3ccc(O)cc3)n[nH]c2c2cccnc2n1-c1ccccc1. The third-order valence-corrected chi connectivity index (χ3v) is 4.85. The molecule has 0 aliphatic rings. The van der Waals surface area contributed by atoms with E-state index in [1.165, 1.54) is 0 Å². The molecule has 5 rings (SSSR count). The minimum atomic E-state index is -0.157. The first-order chi connectivity index (χ1) is 13.7. The normalized spacial score (nSPS) is 11.3. The molecular formula is C22H16N4O2. The summed E-state index contributed by atoms with van der Waals surface area (Å²) in [6.45, 7) is 0. The van der Waals surface area contributed by atoms with Crippen LogP contribution in [-0.4, -0.2) is 24.9 Å². The van der Waals surface area contributed by atoms with Gasteiger partial charge in [0.15, 0.2) is 0 Å². The predicted octanol–water partition coefficient (Wildman–Crippen LogP) is 3.56. The van der Waals surface area contributed by atoms with Crippen LogP contribution in [0.25, 0.3) is 27.6 Å². The maximum absolute atomic E-state index is 13.5. The zero-order valence-corrected chi connectivity index (χ0v) is 14.8. The molecular weight excluding hydrogens is 352 g/mol. The lowest BCUT2D eigenvalue weighted by atomic mass is 10.1. The standard InChI is InChI=1S/C22H16N4O2/c27-16-10-8-14(9-11-16)13-18-19-20(25-24-18)17-7-4-12-23-21(17)26(22(19)28)15-5-2-1-3-6-15/h1-12,27H,13H2,(H,24,25). The molecule has 0 unspecified atom stereocenters. The summed E-state index contributed by atoms with van der Waals surface area (Å²) in [6.07, 6.45) is 2.16. The number of H-pyrrole nitrogens is 1. The fourth-order valence-electron chi connectivity index (χ4n) is 3.53. The number of aromatic nitrogens is 4. The molecule has 0 fully saturated rings. The van der Waals surface area contributed by atoms with Crippen molar-refractivity contribution in [2.24, 2.45) is 0 Å². The van der Waals surface area contributed by atoms with Gasteiger partial charge < -0.3 is 5.11 Å². The Morgan fingerprint density at radius 1 is 0.964 bits per heavy atom. The number of pyridine rings is 2. The first-order valence-corrected chi connectivity index (χ1v) is 8.92. The summed E-state index contributed by atoms with van der Waals surface area (Å²) in [4.78, 5) is 18.0. The average Bonchev–Trinajstić information content (AvgIpc) is 3.15. The number of hydrogen-bond donors (Lipinski definition) is 2. The molecule has 0 amide bonds. The van der Waals surface area contributed by atoms with Gasteiger partial charge in [0.1, 0.15) is 11.4 Å². The number of phenols is 1. The van der Waals surface area contributed by atoms with Crippen LogP contribution in [0.1, 0.15) is 11.3 Å². The number of nitrogens with one attached hydrogen (secondary N) is 1. The van der Waals surface area contributed by atoms with E-state index in [2.05, 4.69) is 15.2 Å². The van der Waals surface area contributed by atoms with E-state index in [0.717, 1.165) is 16.6 Å². The van der Waals surface area contributed by atoms with Crippen molar-refractivity contribution in [3.8, 4) is 11.4 Å². The Morgan fingerprint density at radius 3 is 2.54 bits per heavy atom. The Balaban J connectivity index is 1.81. The van der Waals surface area contributed by atoms with Crippen molar-refractivity contribution in [2.45, 2.75) is 6.42 Å². The van der Waals surface area contributed by atoms with Crippen LogP contribution in [0, 0.1) is 0 Å². The topological polar surface area (TPSA) is 83.8 Å². The van der Waals surface area contributed by atoms with Crippen LogP contribution in [0.5, 0.6) is 5.75 Å². The fourth-order valence-corrected chi connectivity index (χ4v) is 3.53. The van der Waals surface area contributed by atoms with Gasteiger partial charge in [0.05, 0.1) is 22.3 Å². The van der Waals surface area contributed by atoms with E-state index in [9.17, 15) is 9.90 Å². The van der Waals surface area contributed by atoms with Crippen LogP contribution in [0.4, 0.5) is 0 Å². The van der Waals surface area contributed by atoms with Gasteiger partial charge in [0.25, 0.3) is 5.56 Å². The maximum Gasteiger partial charge on any atom is 0.268 e. The van der Waals surface area contributed by atoms with Crippen LogP contribution in [0.2, 0.25) is 0 Å². The third-order valence-electron chi connectivity index (χ3n) is 4.85. The molecule has 28 heavy (non-hydrogen) atoms. The van der Waals surface area contributed by atoms with Gasteiger partial charge in [-0.3, -0.25) is 14.5 Å². The molecule has 3 aromatic heterocycles. The summed E-state index contributed by atoms with van der Waals surface area (Å²) >= 11 is 0. The summed E-state index contributed by atoms with van der Waals surface area (Å²) in [5, 5.41) is 18.3. The summed E-state index contributed by atoms with van der Waals surface area (Å²) in [6, 6.07) is 20.2. The molecule has 0 atom stereocenters. The summed E-state index contributed by atoms with van der Waals surface area (Å²) in [5.41, 5.74) is 3.51. The highest BCUT2D eigenvalue weighted by Gasteiger charge is 2.18. The molecule has 2 N–H and O–H groups in total. The van der Waals surface area contributed by atoms with E-state index in [-0.39, 0.29) is 11.3 Å². The Morgan fingerprint density at radius 2 is 1.75 bits per heavy atom. The molecule has 3 heterocycles. The summed E-state index contributed by atoms with van der Waals surface area (Å²) in [7, 11) is 0. The second-order valence-corrected chi connectivity index (χ2v) is 6.61. The molecule has 6 nitrogen and oxygen atoms in total. The Kier molecular flexibility index (Phi) is 3.69. The molecule has 0 radical (unpaired) electrons. The van der Waals surface area contributed by atoms with Crippen LogP contribution >= 0.6 is 0 Å². The van der Waals surface area contributed by atoms with Gasteiger partial charge in [-0.1, -0.05) is 30.3 Å². The molecule has 136 valence electrons. The molecule has 2 aromatic carbocycles. The lowest BCUT2D eigenvalue weighted by Gasteiger charge is -2.10. The number of rotatable bonds is 3. The molecule has 0 aliphatic carbocycles. The summed E-state index contributed by atoms with van der Waals surface area (Å²) in [5.74, 6) is 0.208. The van der Waals surface area contributed by atoms with Gasteiger partial charge in [0, 0.05) is 18.0 Å². The molecule has 0 spiro atoms. The van der Waals surface area contributed by atoms with Gasteiger partial charge >= 0.3 is 0 Å². The lowest BCUT2D eigenvalue weighted by molar-refractivity contribution is 0.475. The van der Waals surface area contributed by atoms with Crippen LogP contribution in [-0.2, 0) is 6.42 Å². The second-order valence-electron chi connectivity index (χ2n) is 6.61.